The molecule has 1 fully saturated rings. The molecule has 2 unspecified atom stereocenters. The summed E-state index contributed by atoms with van der Waals surface area (Å²) in [5.74, 6) is 0.635. The van der Waals surface area contributed by atoms with Crippen molar-refractivity contribution in [2.45, 2.75) is 38.1 Å². The van der Waals surface area contributed by atoms with Gasteiger partial charge in [0.15, 0.2) is 0 Å². The number of rotatable bonds is 5. The molecule has 0 spiro atoms. The first-order valence-electron chi connectivity index (χ1n) is 7.52. The van der Waals surface area contributed by atoms with Gasteiger partial charge in [-0.25, -0.2) is 24.3 Å². The van der Waals surface area contributed by atoms with Crippen LogP contribution in [0.25, 0.3) is 0 Å². The van der Waals surface area contributed by atoms with Gasteiger partial charge < -0.3 is 4.90 Å². The van der Waals surface area contributed by atoms with Gasteiger partial charge in [-0.3, -0.25) is 0 Å². The molecule has 20 heavy (non-hydrogen) atoms. The minimum atomic E-state index is 0. The molecule has 0 radical (unpaired) electrons. The fraction of sp³-hybridized carbons (Fsp3) is 0.444. The first-order valence-corrected chi connectivity index (χ1v) is 7.52. The van der Waals surface area contributed by atoms with Crippen LogP contribution in [0.2, 0.25) is 0 Å². The van der Waals surface area contributed by atoms with E-state index in [9.17, 15) is 0 Å². The van der Waals surface area contributed by atoms with Crippen LogP contribution in [0.1, 0.15) is 49.3 Å². The first kappa shape index (κ1) is 15.6. The van der Waals surface area contributed by atoms with Crippen LogP contribution in [0.3, 0.4) is 0 Å². The van der Waals surface area contributed by atoms with E-state index in [0.717, 1.165) is 0 Å². The van der Waals surface area contributed by atoms with E-state index >= 15 is 0 Å². The van der Waals surface area contributed by atoms with Crippen LogP contribution in [-0.2, 0) is 17.1 Å². The van der Waals surface area contributed by atoms with E-state index in [1.165, 1.54) is 43.5 Å². The van der Waals surface area contributed by atoms with Crippen molar-refractivity contribution in [3.05, 3.63) is 59.7 Å². The molecule has 0 aromatic heterocycles. The topological polar surface area (TPSA) is 3.24 Å². The van der Waals surface area contributed by atoms with E-state index in [-0.39, 0.29) is 17.1 Å². The molecule has 1 heterocycles. The second-order valence-electron chi connectivity index (χ2n) is 5.83. The van der Waals surface area contributed by atoms with Gasteiger partial charge in [-0.2, -0.15) is 29.8 Å². The molecule has 1 aliphatic rings. The zero-order valence-corrected chi connectivity index (χ0v) is 13.2. The summed E-state index contributed by atoms with van der Waals surface area (Å²) < 4.78 is 0. The number of hydrogen-bond donors (Lipinski definition) is 0. The fourth-order valence-corrected chi connectivity index (χ4v) is 3.35. The van der Waals surface area contributed by atoms with Gasteiger partial charge in [0.25, 0.3) is 0 Å². The van der Waals surface area contributed by atoms with Gasteiger partial charge in [0.1, 0.15) is 0 Å². The molecule has 0 saturated carbocycles. The van der Waals surface area contributed by atoms with Gasteiger partial charge in [0.2, 0.25) is 0 Å². The molecule has 2 atom stereocenters. The van der Waals surface area contributed by atoms with Gasteiger partial charge in [-0.15, -0.1) is 5.56 Å². The van der Waals surface area contributed by atoms with E-state index in [0.29, 0.717) is 12.0 Å². The zero-order chi connectivity index (χ0) is 13.1. The van der Waals surface area contributed by atoms with E-state index in [1.54, 1.807) is 0 Å². The monoisotopic (exact) mass is 309 g/mol. The Labute approximate surface area is 133 Å². The maximum absolute atomic E-state index is 2.68. The van der Waals surface area contributed by atoms with Crippen LogP contribution < -0.4 is 0 Å². The Bertz CT molecular complexity index is 466. The molecule has 110 valence electrons. The molecular formula is C18H23FeN-2. The van der Waals surface area contributed by atoms with E-state index in [2.05, 4.69) is 60.4 Å². The predicted octanol–water partition coefficient (Wildman–Crippen LogP) is 4.45. The van der Waals surface area contributed by atoms with E-state index in [4.69, 9.17) is 0 Å². The summed E-state index contributed by atoms with van der Waals surface area (Å²) in [6, 6.07) is 18.4. The van der Waals surface area contributed by atoms with E-state index in [1.807, 2.05) is 0 Å². The van der Waals surface area contributed by atoms with Crippen molar-refractivity contribution in [2.75, 3.05) is 13.1 Å². The van der Waals surface area contributed by atoms with Gasteiger partial charge >= 0.3 is 0 Å². The number of likely N-dealkylation sites (tertiary alicyclic amines) is 1. The van der Waals surface area contributed by atoms with Crippen LogP contribution in [0, 0.1) is 0 Å². The van der Waals surface area contributed by atoms with Crippen LogP contribution in [0.5, 0.6) is 0 Å². The van der Waals surface area contributed by atoms with Crippen molar-refractivity contribution in [3.63, 3.8) is 0 Å². The molecule has 3 rings (SSSR count). The summed E-state index contributed by atoms with van der Waals surface area (Å²) >= 11 is 0. The Kier molecular flexibility index (Phi) is 5.65. The van der Waals surface area contributed by atoms with Crippen molar-refractivity contribution in [1.29, 1.82) is 0 Å². The largest absolute Gasteiger partial charge is 0.307 e. The first-order chi connectivity index (χ1) is 9.34. The molecule has 1 saturated heterocycles. The maximum atomic E-state index is 2.68. The summed E-state index contributed by atoms with van der Waals surface area (Å²) in [6.07, 6.45) is 3.96. The van der Waals surface area contributed by atoms with Crippen LogP contribution in [0.15, 0.2) is 48.5 Å². The Morgan fingerprint density at radius 1 is 0.900 bits per heavy atom. The Morgan fingerprint density at radius 3 is 1.95 bits per heavy atom. The predicted molar refractivity (Wildman–Crippen MR) is 80.7 cm³/mol. The number of hydrogen-bond acceptors (Lipinski definition) is 1. The van der Waals surface area contributed by atoms with Crippen LogP contribution in [0.4, 0.5) is 0 Å². The summed E-state index contributed by atoms with van der Waals surface area (Å²) in [5, 5.41) is 0. The third-order valence-corrected chi connectivity index (χ3v) is 4.49. The molecule has 1 nitrogen and oxygen atoms in total. The van der Waals surface area contributed by atoms with Crippen LogP contribution >= 0.6 is 0 Å². The smallest absolute Gasteiger partial charge is 0 e. The van der Waals surface area contributed by atoms with Crippen molar-refractivity contribution in [3.8, 4) is 0 Å². The molecular weight excluding hydrogens is 286 g/mol. The third kappa shape index (κ3) is 3.44. The summed E-state index contributed by atoms with van der Waals surface area (Å²) in [6.45, 7) is 4.90. The van der Waals surface area contributed by atoms with Crippen molar-refractivity contribution >= 4 is 0 Å². The molecule has 2 heteroatoms. The SMILES string of the molecule is CC(CC([c-]1cccc1)N1CCCC1)[c-]1cccc1.[Fe]. The average Bonchev–Trinajstić information content (AvgIpc) is 3.17. The van der Waals surface area contributed by atoms with Gasteiger partial charge in [-0.1, -0.05) is 12.8 Å². The summed E-state index contributed by atoms with van der Waals surface area (Å²) in [4.78, 5) is 2.68. The quantitative estimate of drug-likeness (QED) is 0.582. The molecule has 0 amide bonds. The maximum Gasteiger partial charge on any atom is 0 e. The number of nitrogens with zero attached hydrogens (tertiary/aromatic N) is 1. The Hall–Kier alpha value is -0.821. The molecule has 1 aliphatic heterocycles. The van der Waals surface area contributed by atoms with Gasteiger partial charge in [0, 0.05) is 17.1 Å². The normalized spacial score (nSPS) is 18.6. The molecule has 2 aromatic rings. The molecule has 2 aromatic carbocycles. The summed E-state index contributed by atoms with van der Waals surface area (Å²) in [7, 11) is 0. The molecule has 0 aliphatic carbocycles. The molecule has 0 N–H and O–H groups in total. The second-order valence-corrected chi connectivity index (χ2v) is 5.83. The molecule has 0 bridgehead atoms. The summed E-state index contributed by atoms with van der Waals surface area (Å²) in [5.41, 5.74) is 2.98. The van der Waals surface area contributed by atoms with Crippen molar-refractivity contribution < 1.29 is 17.1 Å². The van der Waals surface area contributed by atoms with Gasteiger partial charge in [-0.05, 0) is 38.4 Å². The Morgan fingerprint density at radius 2 is 1.40 bits per heavy atom. The minimum absolute atomic E-state index is 0. The second kappa shape index (κ2) is 7.26. The van der Waals surface area contributed by atoms with E-state index < -0.39 is 0 Å². The minimum Gasteiger partial charge on any atom is -0.307 e. The zero-order valence-electron chi connectivity index (χ0n) is 12.1. The van der Waals surface area contributed by atoms with Gasteiger partial charge in [0.05, 0.1) is 0 Å². The van der Waals surface area contributed by atoms with Crippen LogP contribution in [-0.4, -0.2) is 18.0 Å². The third-order valence-electron chi connectivity index (χ3n) is 4.49. The average molecular weight is 309 g/mol. The van der Waals surface area contributed by atoms with Crippen molar-refractivity contribution in [2.24, 2.45) is 0 Å². The Balaban J connectivity index is 0.00000147. The standard InChI is InChI=1S/C18H23N.Fe/c1-15(16-8-2-3-9-16)14-18(17-10-4-5-11-17)19-12-6-7-13-19;/h2-5,8-11,15,18H,6-7,12-14H2,1H3;/q-2;. The fourth-order valence-electron chi connectivity index (χ4n) is 3.35. The van der Waals surface area contributed by atoms with Crippen molar-refractivity contribution in [1.82, 2.24) is 4.90 Å².